The monoisotopic (exact) mass is 270 g/mol. The number of carbonyl (C=O) groups excluding carboxylic acids is 1. The Hall–Kier alpha value is -0.560. The van der Waals surface area contributed by atoms with Crippen LogP contribution in [0, 0.1) is 0 Å². The highest BCUT2D eigenvalue weighted by Gasteiger charge is 2.06. The maximum atomic E-state index is 10.1. The second-order valence-electron chi connectivity index (χ2n) is 4.47. The maximum Gasteiger partial charge on any atom is 0.404 e. The van der Waals surface area contributed by atoms with Gasteiger partial charge in [-0.3, -0.25) is 0 Å². The van der Waals surface area contributed by atoms with Crippen LogP contribution in [0.4, 0.5) is 4.79 Å². The number of primary amides is 1. The topological polar surface area (TPSA) is 104 Å². The summed E-state index contributed by atoms with van der Waals surface area (Å²) in [5.41, 5.74) is 15.1. The zero-order chi connectivity index (χ0) is 13.0. The van der Waals surface area contributed by atoms with Gasteiger partial charge in [-0.15, -0.1) is 0 Å². The third-order valence-corrected chi connectivity index (χ3v) is 1.66. The van der Waals surface area contributed by atoms with Crippen molar-refractivity contribution in [3.05, 3.63) is 0 Å². The number of hydrogen-bond acceptors (Lipinski definition) is 4. The van der Waals surface area contributed by atoms with Crippen LogP contribution in [0.25, 0.3) is 0 Å². The smallest absolute Gasteiger partial charge is 0.404 e. The van der Waals surface area contributed by atoms with E-state index in [0.717, 1.165) is 37.0 Å². The fraction of sp³-hybridized carbons (Fsp3) is 0.900. The molecule has 0 aliphatic rings. The van der Waals surface area contributed by atoms with Crippen LogP contribution in [-0.4, -0.2) is 58.0 Å². The van der Waals surface area contributed by atoms with E-state index in [1.54, 1.807) is 0 Å². The predicted octanol–water partition coefficient (Wildman–Crippen LogP) is -3.52. The van der Waals surface area contributed by atoms with Gasteiger partial charge in [-0.2, -0.15) is 0 Å². The first-order chi connectivity index (χ1) is 7.33. The van der Waals surface area contributed by atoms with Gasteiger partial charge in [0.05, 0.1) is 21.1 Å². The minimum atomic E-state index is -0.701. The molecule has 0 saturated heterocycles. The molecule has 0 heterocycles. The van der Waals surface area contributed by atoms with Gasteiger partial charge in [0.25, 0.3) is 0 Å². The Bertz CT molecular complexity index is 170. The standard InChI is InChI=1S/C6H14N2O2.C4H12N2.ClH/c1-8(2,3)4-5-10-6(7)9;5-3-1-2-4-6;/h4-5H2,1-3H3,(H-,7,9);1-6H2;1H. The summed E-state index contributed by atoms with van der Waals surface area (Å²) in [6.07, 6.45) is 1.43. The molecule has 0 aromatic rings. The van der Waals surface area contributed by atoms with E-state index in [0.29, 0.717) is 6.61 Å². The molecule has 0 spiro atoms. The van der Waals surface area contributed by atoms with Crippen molar-refractivity contribution in [3.63, 3.8) is 0 Å². The molecule has 0 atom stereocenters. The fourth-order valence-corrected chi connectivity index (χ4v) is 0.709. The lowest BCUT2D eigenvalue weighted by Crippen LogP contribution is -3.00. The average Bonchev–Trinajstić information content (AvgIpc) is 2.13. The summed E-state index contributed by atoms with van der Waals surface area (Å²) in [4.78, 5) is 10.1. The van der Waals surface area contributed by atoms with Gasteiger partial charge in [0.1, 0.15) is 13.2 Å². The number of halogens is 1. The van der Waals surface area contributed by atoms with Crippen molar-refractivity contribution in [3.8, 4) is 0 Å². The number of unbranched alkanes of at least 4 members (excludes halogenated alkanes) is 1. The molecule has 0 aromatic heterocycles. The van der Waals surface area contributed by atoms with Gasteiger partial charge in [-0.05, 0) is 25.9 Å². The first-order valence-corrected chi connectivity index (χ1v) is 5.46. The minimum absolute atomic E-state index is 0. The lowest BCUT2D eigenvalue weighted by Gasteiger charge is -2.22. The SMILES string of the molecule is C[N+](C)(C)CCOC(N)=O.NCCCCN.[Cl-]. The summed E-state index contributed by atoms with van der Waals surface area (Å²) in [7, 11) is 6.05. The molecular formula is C10H27ClN4O2. The van der Waals surface area contributed by atoms with Crippen LogP contribution in [0.5, 0.6) is 0 Å². The molecule has 0 aromatic carbocycles. The molecule has 7 heteroatoms. The van der Waals surface area contributed by atoms with E-state index >= 15 is 0 Å². The molecule has 6 nitrogen and oxygen atoms in total. The predicted molar refractivity (Wildman–Crippen MR) is 65.8 cm³/mol. The van der Waals surface area contributed by atoms with Gasteiger partial charge >= 0.3 is 6.09 Å². The molecule has 0 aliphatic carbocycles. The summed E-state index contributed by atoms with van der Waals surface area (Å²) < 4.78 is 5.31. The second kappa shape index (κ2) is 13.5. The van der Waals surface area contributed by atoms with Crippen LogP contribution >= 0.6 is 0 Å². The van der Waals surface area contributed by atoms with Crippen LogP contribution in [0.2, 0.25) is 0 Å². The van der Waals surface area contributed by atoms with Crippen LogP contribution in [0.15, 0.2) is 0 Å². The lowest BCUT2D eigenvalue weighted by molar-refractivity contribution is -0.870. The van der Waals surface area contributed by atoms with Crippen molar-refractivity contribution in [2.75, 3.05) is 47.4 Å². The molecule has 1 amide bonds. The van der Waals surface area contributed by atoms with Crippen LogP contribution < -0.4 is 29.6 Å². The Kier molecular flexibility index (Phi) is 17.2. The number of rotatable bonds is 6. The molecular weight excluding hydrogens is 244 g/mol. The Morgan fingerprint density at radius 1 is 1.12 bits per heavy atom. The largest absolute Gasteiger partial charge is 1.00 e. The molecule has 106 valence electrons. The van der Waals surface area contributed by atoms with E-state index in [2.05, 4.69) is 4.74 Å². The molecule has 0 saturated carbocycles. The number of ether oxygens (including phenoxy) is 1. The number of likely N-dealkylation sites (N-methyl/N-ethyl adjacent to an activating group) is 1. The summed E-state index contributed by atoms with van der Waals surface area (Å²) in [5, 5.41) is 0. The summed E-state index contributed by atoms with van der Waals surface area (Å²) >= 11 is 0. The van der Waals surface area contributed by atoms with Gasteiger partial charge < -0.3 is 38.8 Å². The average molecular weight is 271 g/mol. The Morgan fingerprint density at radius 3 is 1.76 bits per heavy atom. The highest BCUT2D eigenvalue weighted by Crippen LogP contribution is 1.88. The van der Waals surface area contributed by atoms with E-state index in [1.807, 2.05) is 21.1 Å². The quantitative estimate of drug-likeness (QED) is 0.344. The fourth-order valence-electron chi connectivity index (χ4n) is 0.709. The number of nitrogens with zero attached hydrogens (tertiary/aromatic N) is 1. The van der Waals surface area contributed by atoms with Gasteiger partial charge in [-0.25, -0.2) is 4.79 Å². The number of nitrogens with two attached hydrogens (primary N) is 3. The lowest BCUT2D eigenvalue weighted by atomic mass is 10.3. The van der Waals surface area contributed by atoms with E-state index in [-0.39, 0.29) is 12.4 Å². The highest BCUT2D eigenvalue weighted by molar-refractivity contribution is 5.64. The van der Waals surface area contributed by atoms with Gasteiger partial charge in [0.15, 0.2) is 0 Å². The second-order valence-corrected chi connectivity index (χ2v) is 4.47. The first-order valence-electron chi connectivity index (χ1n) is 5.46. The van der Waals surface area contributed by atoms with Crippen molar-refractivity contribution >= 4 is 6.09 Å². The van der Waals surface area contributed by atoms with Crippen molar-refractivity contribution in [1.29, 1.82) is 0 Å². The van der Waals surface area contributed by atoms with E-state index in [1.165, 1.54) is 0 Å². The van der Waals surface area contributed by atoms with Crippen molar-refractivity contribution in [1.82, 2.24) is 0 Å². The Balaban J connectivity index is -0.000000244. The number of hydrogen-bond donors (Lipinski definition) is 3. The molecule has 0 fully saturated rings. The van der Waals surface area contributed by atoms with E-state index in [9.17, 15) is 4.79 Å². The van der Waals surface area contributed by atoms with Gasteiger partial charge in [0, 0.05) is 0 Å². The van der Waals surface area contributed by atoms with Crippen LogP contribution in [0.3, 0.4) is 0 Å². The molecule has 0 aliphatic heterocycles. The van der Waals surface area contributed by atoms with E-state index < -0.39 is 6.09 Å². The molecule has 0 bridgehead atoms. The number of carbonyl (C=O) groups is 1. The highest BCUT2D eigenvalue weighted by atomic mass is 35.5. The summed E-state index contributed by atoms with van der Waals surface area (Å²) in [5.74, 6) is 0. The molecule has 0 rings (SSSR count). The molecule has 6 N–H and O–H groups in total. The minimum Gasteiger partial charge on any atom is -1.00 e. The molecule has 17 heavy (non-hydrogen) atoms. The third-order valence-electron chi connectivity index (χ3n) is 1.66. The maximum absolute atomic E-state index is 10.1. The summed E-state index contributed by atoms with van der Waals surface area (Å²) in [6, 6.07) is 0. The third kappa shape index (κ3) is 31.3. The van der Waals surface area contributed by atoms with Crippen LogP contribution in [-0.2, 0) is 4.74 Å². The van der Waals surface area contributed by atoms with Crippen molar-refractivity contribution < 1.29 is 26.4 Å². The normalized spacial score (nSPS) is 9.71. The zero-order valence-corrected chi connectivity index (χ0v) is 11.9. The van der Waals surface area contributed by atoms with Gasteiger partial charge in [-0.1, -0.05) is 0 Å². The summed E-state index contributed by atoms with van der Waals surface area (Å²) in [6.45, 7) is 2.72. The Labute approximate surface area is 110 Å². The van der Waals surface area contributed by atoms with Crippen molar-refractivity contribution in [2.24, 2.45) is 17.2 Å². The first kappa shape index (κ1) is 21.7. The molecule has 0 radical (unpaired) electrons. The van der Waals surface area contributed by atoms with Gasteiger partial charge in [0.2, 0.25) is 0 Å². The van der Waals surface area contributed by atoms with E-state index in [4.69, 9.17) is 17.2 Å². The molecule has 0 unspecified atom stereocenters. The van der Waals surface area contributed by atoms with Crippen LogP contribution in [0.1, 0.15) is 12.8 Å². The van der Waals surface area contributed by atoms with Crippen molar-refractivity contribution in [2.45, 2.75) is 12.8 Å². The zero-order valence-electron chi connectivity index (χ0n) is 11.1. The Morgan fingerprint density at radius 2 is 1.53 bits per heavy atom. The number of amides is 1. The number of quaternary nitrogens is 1.